The van der Waals surface area contributed by atoms with Gasteiger partial charge < -0.3 is 20.3 Å². The summed E-state index contributed by atoms with van der Waals surface area (Å²) in [6.45, 7) is 6.38. The van der Waals surface area contributed by atoms with Gasteiger partial charge in [-0.1, -0.05) is 6.58 Å². The zero-order valence-electron chi connectivity index (χ0n) is 11.6. The minimum absolute atomic E-state index is 0. The van der Waals surface area contributed by atoms with Crippen LogP contribution in [0, 0.1) is 0 Å². The first-order valence-corrected chi connectivity index (χ1v) is 5.57. The second-order valence-electron chi connectivity index (χ2n) is 4.47. The quantitative estimate of drug-likeness (QED) is 0.347. The monoisotopic (exact) mass is 279 g/mol. The van der Waals surface area contributed by atoms with Gasteiger partial charge in [0, 0.05) is 6.42 Å². The maximum atomic E-state index is 11.8. The largest absolute Gasteiger partial charge is 1.00 e. The van der Waals surface area contributed by atoms with E-state index in [9.17, 15) is 19.5 Å². The predicted octanol–water partition coefficient (Wildman–Crippen LogP) is -4.08. The molecular formula is C12H18NNaO5. The summed E-state index contributed by atoms with van der Waals surface area (Å²) >= 11 is 0. The number of amides is 1. The Morgan fingerprint density at radius 2 is 1.95 bits per heavy atom. The molecule has 0 saturated heterocycles. The van der Waals surface area contributed by atoms with Crippen LogP contribution >= 0.6 is 0 Å². The van der Waals surface area contributed by atoms with Crippen LogP contribution in [-0.4, -0.2) is 34.4 Å². The number of aliphatic carboxylic acids is 1. The molecule has 1 atom stereocenters. The maximum absolute atomic E-state index is 11.8. The molecule has 0 rings (SSSR count). The Balaban J connectivity index is 0. The van der Waals surface area contributed by atoms with Gasteiger partial charge in [0.25, 0.3) is 0 Å². The van der Waals surface area contributed by atoms with Crippen molar-refractivity contribution in [2.45, 2.75) is 44.8 Å². The van der Waals surface area contributed by atoms with Gasteiger partial charge in [0.2, 0.25) is 5.91 Å². The van der Waals surface area contributed by atoms with Crippen LogP contribution in [0.15, 0.2) is 12.7 Å². The average molecular weight is 279 g/mol. The second kappa shape index (κ2) is 9.25. The van der Waals surface area contributed by atoms with Crippen molar-refractivity contribution >= 4 is 17.7 Å². The number of carboxylic acid groups (broad SMARTS) is 1. The zero-order chi connectivity index (χ0) is 14.3. The Kier molecular flexibility index (Phi) is 10.0. The third-order valence-electron chi connectivity index (χ3n) is 2.47. The van der Waals surface area contributed by atoms with Crippen molar-refractivity contribution in [2.75, 3.05) is 0 Å². The minimum atomic E-state index is -1.57. The summed E-state index contributed by atoms with van der Waals surface area (Å²) in [5, 5.41) is 21.7. The fourth-order valence-corrected chi connectivity index (χ4v) is 1.32. The maximum Gasteiger partial charge on any atom is 1.00 e. The Labute approximate surface area is 134 Å². The molecule has 0 radical (unpaired) electrons. The molecular weight excluding hydrogens is 261 g/mol. The molecule has 2 N–H and O–H groups in total. The molecule has 0 aliphatic carbocycles. The Bertz CT molecular complexity index is 354. The van der Waals surface area contributed by atoms with Crippen molar-refractivity contribution in [1.29, 1.82) is 0 Å². The molecule has 7 heteroatoms. The van der Waals surface area contributed by atoms with Gasteiger partial charge in [0.05, 0.1) is 17.6 Å². The molecule has 6 nitrogen and oxygen atoms in total. The fraction of sp³-hybridized carbons (Fsp3) is 0.583. The van der Waals surface area contributed by atoms with E-state index in [0.29, 0.717) is 0 Å². The van der Waals surface area contributed by atoms with Gasteiger partial charge in [-0.25, -0.2) is 0 Å². The molecule has 102 valence electrons. The van der Waals surface area contributed by atoms with E-state index >= 15 is 0 Å². The summed E-state index contributed by atoms with van der Waals surface area (Å²) < 4.78 is 0. The number of hydrogen-bond acceptors (Lipinski definition) is 5. The summed E-state index contributed by atoms with van der Waals surface area (Å²) in [6.07, 6.45) is -0.284. The van der Waals surface area contributed by atoms with Crippen molar-refractivity contribution in [3.8, 4) is 0 Å². The number of aliphatic hydroxyl groups excluding tert-OH is 1. The number of nitrogens with one attached hydrogen (secondary N) is 1. The SMILES string of the molecule is C=CC(=O)NC(C)(C)C(=O)CCCC(O)C(=O)[O-].[Na+]. The molecule has 0 aliphatic heterocycles. The molecule has 0 bridgehead atoms. The van der Waals surface area contributed by atoms with E-state index in [4.69, 9.17) is 5.11 Å². The average Bonchev–Trinajstić information content (AvgIpc) is 2.27. The zero-order valence-corrected chi connectivity index (χ0v) is 13.6. The Hall–Kier alpha value is -0.690. The molecule has 0 saturated carbocycles. The van der Waals surface area contributed by atoms with Crippen molar-refractivity contribution < 1.29 is 54.2 Å². The van der Waals surface area contributed by atoms with Crippen LogP contribution < -0.4 is 40.0 Å². The van der Waals surface area contributed by atoms with Gasteiger partial charge in [-0.05, 0) is 32.8 Å². The van der Waals surface area contributed by atoms with E-state index in [1.165, 1.54) is 0 Å². The third kappa shape index (κ3) is 8.15. The van der Waals surface area contributed by atoms with Crippen LogP contribution in [0.4, 0.5) is 0 Å². The van der Waals surface area contributed by atoms with Crippen LogP contribution in [0.5, 0.6) is 0 Å². The van der Waals surface area contributed by atoms with Crippen molar-refractivity contribution in [3.63, 3.8) is 0 Å². The molecule has 19 heavy (non-hydrogen) atoms. The van der Waals surface area contributed by atoms with E-state index in [2.05, 4.69) is 11.9 Å². The number of Topliss-reactive ketones (excluding diaryl/α,β-unsaturated/α-hetero) is 1. The normalized spacial score (nSPS) is 11.9. The first-order chi connectivity index (χ1) is 8.20. The van der Waals surface area contributed by atoms with E-state index in [1.54, 1.807) is 13.8 Å². The smallest absolute Gasteiger partial charge is 0.547 e. The second-order valence-corrected chi connectivity index (χ2v) is 4.47. The van der Waals surface area contributed by atoms with Gasteiger partial charge in [0.1, 0.15) is 0 Å². The van der Waals surface area contributed by atoms with Crippen molar-refractivity contribution in [3.05, 3.63) is 12.7 Å². The topological polar surface area (TPSA) is 107 Å². The number of ketones is 1. The predicted molar refractivity (Wildman–Crippen MR) is 62.3 cm³/mol. The summed E-state index contributed by atoms with van der Waals surface area (Å²) in [7, 11) is 0. The summed E-state index contributed by atoms with van der Waals surface area (Å²) in [6, 6.07) is 0. The standard InChI is InChI=1S/C12H19NO5.Na/c1-4-10(16)13-12(2,3)9(15)7-5-6-8(14)11(17)18;/h4,8,14H,1,5-7H2,2-3H3,(H,13,16)(H,17,18);/q;+1/p-1. The van der Waals surface area contributed by atoms with Crippen LogP contribution in [0.2, 0.25) is 0 Å². The third-order valence-corrected chi connectivity index (χ3v) is 2.47. The molecule has 0 aliphatic rings. The van der Waals surface area contributed by atoms with Gasteiger partial charge in [-0.15, -0.1) is 0 Å². The van der Waals surface area contributed by atoms with Gasteiger partial charge in [-0.2, -0.15) is 0 Å². The summed E-state index contributed by atoms with van der Waals surface area (Å²) in [4.78, 5) is 33.1. The van der Waals surface area contributed by atoms with Gasteiger partial charge in [0.15, 0.2) is 5.78 Å². The van der Waals surface area contributed by atoms with E-state index in [1.807, 2.05) is 0 Å². The fourth-order valence-electron chi connectivity index (χ4n) is 1.32. The van der Waals surface area contributed by atoms with E-state index < -0.39 is 23.5 Å². The van der Waals surface area contributed by atoms with Gasteiger partial charge >= 0.3 is 29.6 Å². The molecule has 0 aromatic carbocycles. The molecule has 1 amide bonds. The number of carbonyl (C=O) groups excluding carboxylic acids is 3. The number of rotatable bonds is 8. The Morgan fingerprint density at radius 1 is 1.42 bits per heavy atom. The van der Waals surface area contributed by atoms with Crippen molar-refractivity contribution in [1.82, 2.24) is 5.32 Å². The number of carbonyl (C=O) groups is 3. The molecule has 1 unspecified atom stereocenters. The first kappa shape index (κ1) is 20.6. The molecule has 0 heterocycles. The molecule has 0 fully saturated rings. The van der Waals surface area contributed by atoms with Crippen LogP contribution in [-0.2, 0) is 14.4 Å². The van der Waals surface area contributed by atoms with E-state index in [-0.39, 0.29) is 54.6 Å². The van der Waals surface area contributed by atoms with E-state index in [0.717, 1.165) is 6.08 Å². The first-order valence-electron chi connectivity index (χ1n) is 5.57. The number of aliphatic hydroxyl groups is 1. The molecule has 0 aromatic heterocycles. The Morgan fingerprint density at radius 3 is 2.37 bits per heavy atom. The van der Waals surface area contributed by atoms with Crippen LogP contribution in [0.25, 0.3) is 0 Å². The van der Waals surface area contributed by atoms with Crippen molar-refractivity contribution in [2.24, 2.45) is 0 Å². The van der Waals surface area contributed by atoms with Crippen LogP contribution in [0.1, 0.15) is 33.1 Å². The van der Waals surface area contributed by atoms with Gasteiger partial charge in [-0.3, -0.25) is 9.59 Å². The summed E-state index contributed by atoms with van der Waals surface area (Å²) in [5.74, 6) is -2.26. The number of hydrogen-bond donors (Lipinski definition) is 2. The number of carboxylic acids is 1. The summed E-state index contributed by atoms with van der Waals surface area (Å²) in [5.41, 5.74) is -1.04. The minimum Gasteiger partial charge on any atom is -0.547 e. The van der Waals surface area contributed by atoms with Crippen LogP contribution in [0.3, 0.4) is 0 Å². The molecule has 0 spiro atoms. The molecule has 0 aromatic rings.